The molecule has 1 amide bonds. The number of amides is 1. The molecule has 0 spiro atoms. The smallest absolute Gasteiger partial charge is 0.267 e. The minimum atomic E-state index is -0.322. The fourth-order valence-corrected chi connectivity index (χ4v) is 3.58. The summed E-state index contributed by atoms with van der Waals surface area (Å²) in [5, 5.41) is 7.17. The summed E-state index contributed by atoms with van der Waals surface area (Å²) in [4.78, 5) is 41.0. The zero-order valence-corrected chi connectivity index (χ0v) is 16.6. The number of fused-ring (bicyclic) bond motifs is 1. The number of aryl methyl sites for hydroxylation is 2. The average Bonchev–Trinajstić information content (AvgIpc) is 2.76. The van der Waals surface area contributed by atoms with Crippen LogP contribution in [0, 0.1) is 0 Å². The van der Waals surface area contributed by atoms with Gasteiger partial charge in [0.15, 0.2) is 0 Å². The van der Waals surface area contributed by atoms with Crippen molar-refractivity contribution in [3.8, 4) is 11.3 Å². The number of nitrogens with one attached hydrogen (secondary N) is 1. The second-order valence-corrected chi connectivity index (χ2v) is 7.34. The van der Waals surface area contributed by atoms with Crippen LogP contribution in [0.2, 0.25) is 0 Å². The number of hydrogen-bond donors (Lipinski definition) is 1. The van der Waals surface area contributed by atoms with Gasteiger partial charge in [-0.3, -0.25) is 19.0 Å². The van der Waals surface area contributed by atoms with Gasteiger partial charge in [0.1, 0.15) is 6.54 Å². The fraction of sp³-hybridized carbons (Fsp3) is 0.318. The van der Waals surface area contributed by atoms with Crippen molar-refractivity contribution >= 4 is 5.91 Å². The Morgan fingerprint density at radius 1 is 1.03 bits per heavy atom. The number of aromatic nitrogens is 4. The lowest BCUT2D eigenvalue weighted by Gasteiger charge is -2.16. The molecule has 1 N–H and O–H groups in total. The van der Waals surface area contributed by atoms with Gasteiger partial charge >= 0.3 is 0 Å². The highest BCUT2D eigenvalue weighted by atomic mass is 16.2. The molecule has 1 aliphatic carbocycles. The zero-order valence-electron chi connectivity index (χ0n) is 16.6. The molecule has 0 bridgehead atoms. The van der Waals surface area contributed by atoms with E-state index in [-0.39, 0.29) is 36.7 Å². The van der Waals surface area contributed by atoms with Crippen LogP contribution in [0.4, 0.5) is 0 Å². The van der Waals surface area contributed by atoms with Gasteiger partial charge in [-0.05, 0) is 31.2 Å². The first-order valence-corrected chi connectivity index (χ1v) is 10.1. The van der Waals surface area contributed by atoms with Crippen LogP contribution in [-0.2, 0) is 30.7 Å². The predicted molar refractivity (Wildman–Crippen MR) is 112 cm³/mol. The Bertz CT molecular complexity index is 1170. The van der Waals surface area contributed by atoms with E-state index in [0.717, 1.165) is 42.5 Å². The van der Waals surface area contributed by atoms with Crippen LogP contribution in [0.25, 0.3) is 11.3 Å². The number of nitrogens with zero attached hydrogens (tertiary/aromatic N) is 4. The zero-order chi connectivity index (χ0) is 20.9. The molecule has 0 unspecified atom stereocenters. The molecule has 4 rings (SSSR count). The predicted octanol–water partition coefficient (Wildman–Crippen LogP) is 1.16. The van der Waals surface area contributed by atoms with Gasteiger partial charge < -0.3 is 5.32 Å². The monoisotopic (exact) mass is 405 g/mol. The topological polar surface area (TPSA) is 98.9 Å². The van der Waals surface area contributed by atoms with E-state index in [4.69, 9.17) is 0 Å². The molecule has 0 saturated carbocycles. The summed E-state index contributed by atoms with van der Waals surface area (Å²) in [6, 6.07) is 12.5. The second kappa shape index (κ2) is 8.86. The van der Waals surface area contributed by atoms with Crippen molar-refractivity contribution in [1.82, 2.24) is 24.6 Å². The molecular weight excluding hydrogens is 382 g/mol. The molecular formula is C22H23N5O3. The van der Waals surface area contributed by atoms with E-state index in [1.807, 2.05) is 30.3 Å². The maximum Gasteiger partial charge on any atom is 0.267 e. The highest BCUT2D eigenvalue weighted by Crippen LogP contribution is 2.16. The molecule has 1 aromatic carbocycles. The Morgan fingerprint density at radius 2 is 1.83 bits per heavy atom. The van der Waals surface area contributed by atoms with Crippen LogP contribution >= 0.6 is 0 Å². The van der Waals surface area contributed by atoms with Gasteiger partial charge in [-0.15, -0.1) is 0 Å². The molecule has 0 atom stereocenters. The van der Waals surface area contributed by atoms with Gasteiger partial charge in [0.2, 0.25) is 5.91 Å². The lowest BCUT2D eigenvalue weighted by atomic mass is 9.97. The van der Waals surface area contributed by atoms with Crippen molar-refractivity contribution in [1.29, 1.82) is 0 Å². The molecule has 0 radical (unpaired) electrons. The average molecular weight is 405 g/mol. The number of carbonyl (C=O) groups is 1. The summed E-state index contributed by atoms with van der Waals surface area (Å²) < 4.78 is 2.65. The second-order valence-electron chi connectivity index (χ2n) is 7.34. The van der Waals surface area contributed by atoms with Crippen LogP contribution in [0.5, 0.6) is 0 Å². The maximum atomic E-state index is 12.3. The van der Waals surface area contributed by atoms with E-state index in [2.05, 4.69) is 15.4 Å². The van der Waals surface area contributed by atoms with Crippen LogP contribution in [0.3, 0.4) is 0 Å². The van der Waals surface area contributed by atoms with Crippen molar-refractivity contribution in [3.05, 3.63) is 80.8 Å². The molecule has 8 nitrogen and oxygen atoms in total. The Balaban J connectivity index is 1.34. The maximum absolute atomic E-state index is 12.3. The summed E-state index contributed by atoms with van der Waals surface area (Å²) in [6.45, 7) is 0.417. The minimum absolute atomic E-state index is 0.132. The SMILES string of the molecule is O=C(Cn1cnc(-c2ccccc2)cc1=O)NCCn1nc2c(cc1=O)CCCC2. The molecule has 3 aromatic rings. The fourth-order valence-electron chi connectivity index (χ4n) is 3.58. The molecule has 0 aliphatic heterocycles. The number of rotatable bonds is 6. The Morgan fingerprint density at radius 3 is 2.63 bits per heavy atom. The highest BCUT2D eigenvalue weighted by Gasteiger charge is 2.13. The van der Waals surface area contributed by atoms with Crippen molar-refractivity contribution in [2.24, 2.45) is 0 Å². The largest absolute Gasteiger partial charge is 0.353 e. The van der Waals surface area contributed by atoms with E-state index in [0.29, 0.717) is 5.69 Å². The van der Waals surface area contributed by atoms with E-state index in [1.165, 1.54) is 21.6 Å². The van der Waals surface area contributed by atoms with Gasteiger partial charge in [0.25, 0.3) is 11.1 Å². The van der Waals surface area contributed by atoms with Crippen LogP contribution in [0.15, 0.2) is 58.4 Å². The first kappa shape index (κ1) is 19.8. The van der Waals surface area contributed by atoms with Gasteiger partial charge in [-0.25, -0.2) is 9.67 Å². The number of hydrogen-bond acceptors (Lipinski definition) is 5. The molecule has 0 saturated heterocycles. The Hall–Kier alpha value is -3.55. The third-order valence-corrected chi connectivity index (χ3v) is 5.18. The number of benzene rings is 1. The van der Waals surface area contributed by atoms with Crippen LogP contribution in [0.1, 0.15) is 24.1 Å². The Kier molecular flexibility index (Phi) is 5.83. The van der Waals surface area contributed by atoms with Crippen molar-refractivity contribution < 1.29 is 4.79 Å². The Labute approximate surface area is 173 Å². The summed E-state index contributed by atoms with van der Waals surface area (Å²) in [5.41, 5.74) is 2.97. The van der Waals surface area contributed by atoms with E-state index in [1.54, 1.807) is 6.07 Å². The summed E-state index contributed by atoms with van der Waals surface area (Å²) >= 11 is 0. The van der Waals surface area contributed by atoms with E-state index in [9.17, 15) is 14.4 Å². The quantitative estimate of drug-likeness (QED) is 0.664. The third-order valence-electron chi connectivity index (χ3n) is 5.18. The summed E-state index contributed by atoms with van der Waals surface area (Å²) in [5.74, 6) is -0.322. The standard InChI is InChI=1S/C22H23N5O3/c28-20(14-26-15-24-19(13-21(26)29)16-6-2-1-3-7-16)23-10-11-27-22(30)12-17-8-4-5-9-18(17)25-27/h1-3,6-7,12-13,15H,4-5,8-11,14H2,(H,23,28). The van der Waals surface area contributed by atoms with Crippen LogP contribution < -0.4 is 16.4 Å². The van der Waals surface area contributed by atoms with Crippen molar-refractivity contribution in [2.75, 3.05) is 6.54 Å². The lowest BCUT2D eigenvalue weighted by molar-refractivity contribution is -0.121. The minimum Gasteiger partial charge on any atom is -0.353 e. The van der Waals surface area contributed by atoms with Crippen LogP contribution in [-0.4, -0.2) is 31.8 Å². The lowest BCUT2D eigenvalue weighted by Crippen LogP contribution is -2.36. The molecule has 1 aliphatic rings. The third kappa shape index (κ3) is 4.53. The summed E-state index contributed by atoms with van der Waals surface area (Å²) in [6.07, 6.45) is 5.34. The molecule has 2 aromatic heterocycles. The van der Waals surface area contributed by atoms with Gasteiger partial charge in [-0.2, -0.15) is 5.10 Å². The molecule has 0 fully saturated rings. The van der Waals surface area contributed by atoms with E-state index >= 15 is 0 Å². The van der Waals surface area contributed by atoms with Crippen molar-refractivity contribution in [3.63, 3.8) is 0 Å². The molecule has 8 heteroatoms. The van der Waals surface area contributed by atoms with E-state index < -0.39 is 0 Å². The van der Waals surface area contributed by atoms with Gasteiger partial charge in [0.05, 0.1) is 24.3 Å². The van der Waals surface area contributed by atoms with Gasteiger partial charge in [0, 0.05) is 24.2 Å². The molecule has 2 heterocycles. The molecule has 30 heavy (non-hydrogen) atoms. The first-order chi connectivity index (χ1) is 14.6. The normalized spacial score (nSPS) is 12.9. The number of carbonyl (C=O) groups excluding carboxylic acids is 1. The van der Waals surface area contributed by atoms with Gasteiger partial charge in [-0.1, -0.05) is 30.3 Å². The first-order valence-electron chi connectivity index (χ1n) is 10.1. The molecule has 154 valence electrons. The summed E-state index contributed by atoms with van der Waals surface area (Å²) in [7, 11) is 0. The highest BCUT2D eigenvalue weighted by molar-refractivity contribution is 5.75. The van der Waals surface area contributed by atoms with Crippen molar-refractivity contribution in [2.45, 2.75) is 38.8 Å².